The number of allylic oxidation sites excluding steroid dienone is 18. The standard InChI is InChI=1S/C72H122O6/c1-4-7-10-13-16-19-22-25-27-29-31-33-34-35-36-37-38-39-41-42-44-47-50-53-56-59-62-65-71(74)77-68-69(67-76-70(73)64-61-58-55-52-49-46-24-21-18-15-12-9-6-3)78-72(75)66-63-60-57-54-51-48-45-43-40-32-30-28-26-23-20-17-14-11-8-5-2/h7,9-10,12,16,18-19,21,25,27,31,33,35-36,38-39,46,49,69H,4-6,8,11,13-15,17,20,22-24,26,28-30,32,34,37,40-45,47-48,50-68H2,1-3H3/b10-7-,12-9-,19-16-,21-18-,27-25-,33-31-,36-35-,39-38-,49-46-. The first kappa shape index (κ1) is 74.1. The zero-order valence-corrected chi connectivity index (χ0v) is 51.2. The average Bonchev–Trinajstić information content (AvgIpc) is 3.44. The minimum atomic E-state index is -0.795. The zero-order valence-electron chi connectivity index (χ0n) is 51.2. The topological polar surface area (TPSA) is 78.9 Å². The van der Waals surface area contributed by atoms with Crippen molar-refractivity contribution in [3.8, 4) is 0 Å². The van der Waals surface area contributed by atoms with E-state index in [1.165, 1.54) is 141 Å². The SMILES string of the molecule is CC/C=C\C/C=C\C/C=C\C/C=C\C/C=C\C/C=C\CCCCCCCCCCC(=O)OCC(COC(=O)CCCCC/C=C\C/C=C\C/C=C\CC)OC(=O)CCCCCCCCCCCCCCCCCCCCCC. The van der Waals surface area contributed by atoms with Crippen molar-refractivity contribution in [2.24, 2.45) is 0 Å². The van der Waals surface area contributed by atoms with Gasteiger partial charge in [0.05, 0.1) is 0 Å². The Labute approximate surface area is 482 Å². The molecule has 6 nitrogen and oxygen atoms in total. The molecule has 0 amide bonds. The molecule has 1 atom stereocenters. The van der Waals surface area contributed by atoms with Crippen molar-refractivity contribution >= 4 is 17.9 Å². The van der Waals surface area contributed by atoms with Crippen molar-refractivity contribution in [2.45, 2.75) is 316 Å². The minimum Gasteiger partial charge on any atom is -0.462 e. The molecule has 0 bridgehead atoms. The van der Waals surface area contributed by atoms with Crippen molar-refractivity contribution in [1.29, 1.82) is 0 Å². The van der Waals surface area contributed by atoms with Crippen LogP contribution in [0.5, 0.6) is 0 Å². The van der Waals surface area contributed by atoms with Gasteiger partial charge in [0.25, 0.3) is 0 Å². The summed E-state index contributed by atoms with van der Waals surface area (Å²) in [4.78, 5) is 38.3. The van der Waals surface area contributed by atoms with E-state index in [2.05, 4.69) is 130 Å². The lowest BCUT2D eigenvalue weighted by molar-refractivity contribution is -0.167. The fourth-order valence-electron chi connectivity index (χ4n) is 9.17. The molecule has 0 fully saturated rings. The first-order valence-electron chi connectivity index (χ1n) is 32.9. The van der Waals surface area contributed by atoms with Gasteiger partial charge in [-0.2, -0.15) is 0 Å². The molecule has 0 aromatic heterocycles. The van der Waals surface area contributed by atoms with E-state index in [0.29, 0.717) is 19.3 Å². The van der Waals surface area contributed by atoms with E-state index in [1.807, 2.05) is 0 Å². The predicted octanol–water partition coefficient (Wildman–Crippen LogP) is 22.6. The van der Waals surface area contributed by atoms with E-state index in [-0.39, 0.29) is 31.1 Å². The summed E-state index contributed by atoms with van der Waals surface area (Å²) in [6.45, 7) is 6.41. The molecule has 0 saturated heterocycles. The summed E-state index contributed by atoms with van der Waals surface area (Å²) >= 11 is 0. The summed E-state index contributed by atoms with van der Waals surface area (Å²) in [7, 11) is 0. The molecule has 0 aliphatic heterocycles. The van der Waals surface area contributed by atoms with Gasteiger partial charge in [0.1, 0.15) is 13.2 Å². The Morgan fingerprint density at radius 1 is 0.269 bits per heavy atom. The van der Waals surface area contributed by atoms with Crippen LogP contribution in [-0.4, -0.2) is 37.2 Å². The van der Waals surface area contributed by atoms with Gasteiger partial charge in [-0.1, -0.05) is 297 Å². The third kappa shape index (κ3) is 62.9. The fourth-order valence-corrected chi connectivity index (χ4v) is 9.17. The van der Waals surface area contributed by atoms with Crippen LogP contribution in [0.1, 0.15) is 310 Å². The largest absolute Gasteiger partial charge is 0.462 e. The summed E-state index contributed by atoms with van der Waals surface area (Å²) in [5.41, 5.74) is 0. The summed E-state index contributed by atoms with van der Waals surface area (Å²) in [5, 5.41) is 0. The van der Waals surface area contributed by atoms with Gasteiger partial charge in [-0.25, -0.2) is 0 Å². The highest BCUT2D eigenvalue weighted by Crippen LogP contribution is 2.17. The number of hydrogen-bond acceptors (Lipinski definition) is 6. The lowest BCUT2D eigenvalue weighted by Gasteiger charge is -2.18. The quantitative estimate of drug-likeness (QED) is 0.0261. The van der Waals surface area contributed by atoms with E-state index in [9.17, 15) is 14.4 Å². The lowest BCUT2D eigenvalue weighted by Crippen LogP contribution is -2.30. The molecule has 0 saturated carbocycles. The molecule has 0 N–H and O–H groups in total. The van der Waals surface area contributed by atoms with Crippen molar-refractivity contribution in [3.63, 3.8) is 0 Å². The van der Waals surface area contributed by atoms with Crippen molar-refractivity contribution in [2.75, 3.05) is 13.2 Å². The van der Waals surface area contributed by atoms with Gasteiger partial charge in [-0.15, -0.1) is 0 Å². The third-order valence-corrected chi connectivity index (χ3v) is 14.0. The maximum absolute atomic E-state index is 12.9. The average molecular weight is 1080 g/mol. The van der Waals surface area contributed by atoms with Gasteiger partial charge in [0, 0.05) is 19.3 Å². The molecule has 0 aromatic carbocycles. The van der Waals surface area contributed by atoms with Crippen LogP contribution in [-0.2, 0) is 28.6 Å². The molecule has 0 aliphatic rings. The van der Waals surface area contributed by atoms with Crippen LogP contribution in [0, 0.1) is 0 Å². The van der Waals surface area contributed by atoms with Crippen LogP contribution in [0.3, 0.4) is 0 Å². The second-order valence-corrected chi connectivity index (χ2v) is 21.6. The van der Waals surface area contributed by atoms with E-state index >= 15 is 0 Å². The smallest absolute Gasteiger partial charge is 0.306 e. The number of rotatable bonds is 59. The lowest BCUT2D eigenvalue weighted by atomic mass is 10.0. The highest BCUT2D eigenvalue weighted by atomic mass is 16.6. The van der Waals surface area contributed by atoms with E-state index in [0.717, 1.165) is 128 Å². The Morgan fingerprint density at radius 2 is 0.500 bits per heavy atom. The van der Waals surface area contributed by atoms with Gasteiger partial charge in [0.15, 0.2) is 6.10 Å². The Balaban J connectivity index is 4.33. The van der Waals surface area contributed by atoms with Gasteiger partial charge < -0.3 is 14.2 Å². The number of carbonyl (C=O) groups excluding carboxylic acids is 3. The molecule has 1 unspecified atom stereocenters. The highest BCUT2D eigenvalue weighted by molar-refractivity contribution is 5.71. The van der Waals surface area contributed by atoms with Gasteiger partial charge in [-0.05, 0) is 103 Å². The van der Waals surface area contributed by atoms with E-state index in [1.54, 1.807) is 0 Å². The normalized spacial score (nSPS) is 12.8. The molecule has 0 spiro atoms. The molecule has 78 heavy (non-hydrogen) atoms. The molecule has 446 valence electrons. The number of carbonyl (C=O) groups is 3. The summed E-state index contributed by atoms with van der Waals surface area (Å²) in [6, 6.07) is 0. The third-order valence-electron chi connectivity index (χ3n) is 14.0. The molecule has 6 heteroatoms. The first-order chi connectivity index (χ1) is 38.5. The number of ether oxygens (including phenoxy) is 3. The Hall–Kier alpha value is -3.93. The van der Waals surface area contributed by atoms with Crippen LogP contribution < -0.4 is 0 Å². The van der Waals surface area contributed by atoms with Crippen LogP contribution in [0.4, 0.5) is 0 Å². The van der Waals surface area contributed by atoms with E-state index in [4.69, 9.17) is 14.2 Å². The van der Waals surface area contributed by atoms with Gasteiger partial charge >= 0.3 is 17.9 Å². The fraction of sp³-hybridized carbons (Fsp3) is 0.708. The monoisotopic (exact) mass is 1080 g/mol. The van der Waals surface area contributed by atoms with Gasteiger partial charge in [-0.3, -0.25) is 14.4 Å². The zero-order chi connectivity index (χ0) is 56.4. The molecule has 0 radical (unpaired) electrons. The predicted molar refractivity (Wildman–Crippen MR) is 339 cm³/mol. The first-order valence-corrected chi connectivity index (χ1v) is 32.9. The Morgan fingerprint density at radius 3 is 0.795 bits per heavy atom. The Kier molecular flexibility index (Phi) is 62.3. The second kappa shape index (κ2) is 65.6. The molecule has 0 aromatic rings. The Bertz CT molecular complexity index is 1570. The van der Waals surface area contributed by atoms with Crippen molar-refractivity contribution < 1.29 is 28.6 Å². The van der Waals surface area contributed by atoms with Crippen LogP contribution >= 0.6 is 0 Å². The van der Waals surface area contributed by atoms with Crippen molar-refractivity contribution in [3.05, 3.63) is 109 Å². The number of unbranched alkanes of at least 4 members (excludes halogenated alkanes) is 30. The van der Waals surface area contributed by atoms with Crippen LogP contribution in [0.25, 0.3) is 0 Å². The summed E-state index contributed by atoms with van der Waals surface area (Å²) < 4.78 is 16.9. The molecular weight excluding hydrogens is 961 g/mol. The molecule has 0 rings (SSSR count). The van der Waals surface area contributed by atoms with Gasteiger partial charge in [0.2, 0.25) is 0 Å². The maximum atomic E-state index is 12.9. The van der Waals surface area contributed by atoms with Crippen molar-refractivity contribution in [1.82, 2.24) is 0 Å². The number of esters is 3. The highest BCUT2D eigenvalue weighted by Gasteiger charge is 2.19. The molecular formula is C72H122O6. The van der Waals surface area contributed by atoms with Crippen LogP contribution in [0.2, 0.25) is 0 Å². The molecule has 0 aliphatic carbocycles. The maximum Gasteiger partial charge on any atom is 0.306 e. The van der Waals surface area contributed by atoms with Crippen LogP contribution in [0.15, 0.2) is 109 Å². The summed E-state index contributed by atoms with van der Waals surface area (Å²) in [6.07, 6.45) is 89.6. The molecule has 0 heterocycles. The second-order valence-electron chi connectivity index (χ2n) is 21.6. The number of hydrogen-bond donors (Lipinski definition) is 0. The summed E-state index contributed by atoms with van der Waals surface area (Å²) in [5.74, 6) is -0.917. The minimum absolute atomic E-state index is 0.0906. The van der Waals surface area contributed by atoms with E-state index < -0.39 is 6.10 Å².